The lowest BCUT2D eigenvalue weighted by Crippen LogP contribution is -2.33. The van der Waals surface area contributed by atoms with E-state index in [1.54, 1.807) is 13.1 Å². The van der Waals surface area contributed by atoms with Crippen molar-refractivity contribution in [1.29, 1.82) is 0 Å². The summed E-state index contributed by atoms with van der Waals surface area (Å²) in [6, 6.07) is 11.7. The van der Waals surface area contributed by atoms with Crippen LogP contribution in [0.15, 0.2) is 41.5 Å². The SMILES string of the molecule is CCN(CC)c1ccc(/C=N/NC(=O)C(C)Oc2cc(C)c(Cl)c(C)c2)cc1. The number of hydrogen-bond donors (Lipinski definition) is 1. The number of nitrogens with one attached hydrogen (secondary N) is 1. The summed E-state index contributed by atoms with van der Waals surface area (Å²) in [5.41, 5.74) is 6.42. The third kappa shape index (κ3) is 5.73. The topological polar surface area (TPSA) is 53.9 Å². The maximum absolute atomic E-state index is 12.2. The summed E-state index contributed by atoms with van der Waals surface area (Å²) in [5, 5.41) is 4.74. The number of rotatable bonds is 8. The summed E-state index contributed by atoms with van der Waals surface area (Å²) in [6.07, 6.45) is 0.940. The van der Waals surface area contributed by atoms with Gasteiger partial charge in [-0.1, -0.05) is 23.7 Å². The van der Waals surface area contributed by atoms with Crippen molar-refractivity contribution in [2.45, 2.75) is 40.7 Å². The molecule has 0 saturated heterocycles. The number of nitrogens with zero attached hydrogens (tertiary/aromatic N) is 2. The number of halogens is 1. The molecule has 6 heteroatoms. The van der Waals surface area contributed by atoms with Crippen molar-refractivity contribution in [2.24, 2.45) is 5.10 Å². The first-order valence-electron chi connectivity index (χ1n) is 9.47. The molecule has 150 valence electrons. The van der Waals surface area contributed by atoms with E-state index in [1.165, 1.54) is 5.69 Å². The first-order chi connectivity index (χ1) is 13.3. The lowest BCUT2D eigenvalue weighted by molar-refractivity contribution is -0.127. The molecule has 0 radical (unpaired) electrons. The number of benzene rings is 2. The third-order valence-electron chi connectivity index (χ3n) is 4.50. The lowest BCUT2D eigenvalue weighted by Gasteiger charge is -2.20. The fourth-order valence-electron chi connectivity index (χ4n) is 2.85. The molecule has 5 nitrogen and oxygen atoms in total. The second-order valence-corrected chi connectivity index (χ2v) is 7.01. The Kier molecular flexibility index (Phi) is 7.88. The normalized spacial score (nSPS) is 12.1. The van der Waals surface area contributed by atoms with Crippen molar-refractivity contribution in [3.63, 3.8) is 0 Å². The molecular weight excluding hydrogens is 374 g/mol. The molecule has 1 atom stereocenters. The highest BCUT2D eigenvalue weighted by atomic mass is 35.5. The van der Waals surface area contributed by atoms with Gasteiger partial charge in [-0.3, -0.25) is 4.79 Å². The number of hydrazone groups is 1. The van der Waals surface area contributed by atoms with Crippen LogP contribution in [0.5, 0.6) is 5.75 Å². The average Bonchev–Trinajstić information content (AvgIpc) is 2.68. The van der Waals surface area contributed by atoms with E-state index < -0.39 is 6.10 Å². The fourth-order valence-corrected chi connectivity index (χ4v) is 2.96. The molecular formula is C22H28ClN3O2. The first kappa shape index (κ1) is 21.8. The molecule has 0 aliphatic carbocycles. The summed E-state index contributed by atoms with van der Waals surface area (Å²) in [4.78, 5) is 14.5. The molecule has 0 heterocycles. The Morgan fingerprint density at radius 1 is 1.18 bits per heavy atom. The van der Waals surface area contributed by atoms with Crippen molar-refractivity contribution in [1.82, 2.24) is 5.43 Å². The van der Waals surface area contributed by atoms with Crippen molar-refractivity contribution in [3.8, 4) is 5.75 Å². The van der Waals surface area contributed by atoms with Crippen LogP contribution in [0.3, 0.4) is 0 Å². The molecule has 0 aliphatic rings. The number of anilines is 1. The highest BCUT2D eigenvalue weighted by Crippen LogP contribution is 2.26. The molecule has 0 spiro atoms. The van der Waals surface area contributed by atoms with E-state index in [2.05, 4.69) is 29.3 Å². The van der Waals surface area contributed by atoms with Gasteiger partial charge < -0.3 is 9.64 Å². The van der Waals surface area contributed by atoms with Crippen LogP contribution in [0, 0.1) is 13.8 Å². The van der Waals surface area contributed by atoms with Crippen LogP contribution in [0.1, 0.15) is 37.5 Å². The molecule has 0 saturated carbocycles. The van der Waals surface area contributed by atoms with Gasteiger partial charge in [-0.15, -0.1) is 0 Å². The molecule has 2 aromatic carbocycles. The van der Waals surface area contributed by atoms with Crippen LogP contribution >= 0.6 is 11.6 Å². The smallest absolute Gasteiger partial charge is 0.280 e. The molecule has 2 rings (SSSR count). The summed E-state index contributed by atoms with van der Waals surface area (Å²) in [5.74, 6) is 0.291. The van der Waals surface area contributed by atoms with Crippen molar-refractivity contribution in [3.05, 3.63) is 58.1 Å². The average molecular weight is 402 g/mol. The van der Waals surface area contributed by atoms with Crippen LogP contribution in [0.2, 0.25) is 5.02 Å². The Morgan fingerprint density at radius 2 is 1.75 bits per heavy atom. The standard InChI is InChI=1S/C22H28ClN3O2/c1-6-26(7-2)19-10-8-18(9-11-19)14-24-25-22(27)17(5)28-20-12-15(3)21(23)16(4)13-20/h8-14,17H,6-7H2,1-5H3,(H,25,27)/b24-14+. The number of ether oxygens (including phenoxy) is 1. The van der Waals surface area contributed by atoms with E-state index >= 15 is 0 Å². The van der Waals surface area contributed by atoms with E-state index in [-0.39, 0.29) is 5.91 Å². The van der Waals surface area contributed by atoms with Gasteiger partial charge in [-0.05, 0) is 75.6 Å². The largest absolute Gasteiger partial charge is 0.481 e. The maximum Gasteiger partial charge on any atom is 0.280 e. The van der Waals surface area contributed by atoms with Gasteiger partial charge in [-0.25, -0.2) is 5.43 Å². The highest BCUT2D eigenvalue weighted by molar-refractivity contribution is 6.32. The minimum absolute atomic E-state index is 0.318. The van der Waals surface area contributed by atoms with Crippen LogP contribution < -0.4 is 15.1 Å². The van der Waals surface area contributed by atoms with Crippen LogP contribution in [-0.4, -0.2) is 31.3 Å². The Balaban J connectivity index is 1.92. The number of aryl methyl sites for hydroxylation is 2. The van der Waals surface area contributed by atoms with Crippen LogP contribution in [-0.2, 0) is 4.79 Å². The summed E-state index contributed by atoms with van der Waals surface area (Å²) < 4.78 is 5.71. The van der Waals surface area contributed by atoms with Gasteiger partial charge in [0.05, 0.1) is 6.21 Å². The molecule has 1 unspecified atom stereocenters. The van der Waals surface area contributed by atoms with Crippen LogP contribution in [0.4, 0.5) is 5.69 Å². The van der Waals surface area contributed by atoms with E-state index in [0.29, 0.717) is 10.8 Å². The van der Waals surface area contributed by atoms with Gasteiger partial charge in [0, 0.05) is 23.8 Å². The maximum atomic E-state index is 12.2. The van der Waals surface area contributed by atoms with Gasteiger partial charge in [0.15, 0.2) is 6.10 Å². The zero-order valence-electron chi connectivity index (χ0n) is 17.1. The molecule has 0 bridgehead atoms. The summed E-state index contributed by atoms with van der Waals surface area (Å²) >= 11 is 6.16. The fraction of sp³-hybridized carbons (Fsp3) is 0.364. The molecule has 1 N–H and O–H groups in total. The summed E-state index contributed by atoms with van der Waals surface area (Å²) in [7, 11) is 0. The number of amides is 1. The van der Waals surface area contributed by atoms with E-state index in [9.17, 15) is 4.79 Å². The molecule has 0 fully saturated rings. The Bertz CT molecular complexity index is 807. The Labute approximate surface area is 172 Å². The second kappa shape index (κ2) is 10.1. The van der Waals surface area contributed by atoms with Gasteiger partial charge >= 0.3 is 0 Å². The van der Waals surface area contributed by atoms with Gasteiger partial charge in [0.25, 0.3) is 5.91 Å². The molecule has 0 aromatic heterocycles. The highest BCUT2D eigenvalue weighted by Gasteiger charge is 2.15. The zero-order valence-corrected chi connectivity index (χ0v) is 17.9. The van der Waals surface area contributed by atoms with Gasteiger partial charge in [0.1, 0.15) is 5.75 Å². The minimum Gasteiger partial charge on any atom is -0.481 e. The number of hydrogen-bond acceptors (Lipinski definition) is 4. The Hall–Kier alpha value is -2.53. The van der Waals surface area contributed by atoms with E-state index in [0.717, 1.165) is 29.8 Å². The molecule has 0 aliphatic heterocycles. The third-order valence-corrected chi connectivity index (χ3v) is 5.10. The number of carbonyl (C=O) groups excluding carboxylic acids is 1. The van der Waals surface area contributed by atoms with Gasteiger partial charge in [-0.2, -0.15) is 5.10 Å². The quantitative estimate of drug-likeness (QED) is 0.514. The molecule has 1 amide bonds. The monoisotopic (exact) mass is 401 g/mol. The molecule has 28 heavy (non-hydrogen) atoms. The van der Waals surface area contributed by atoms with E-state index in [1.807, 2.05) is 50.2 Å². The number of carbonyl (C=O) groups is 1. The van der Waals surface area contributed by atoms with Crippen molar-refractivity contribution in [2.75, 3.05) is 18.0 Å². The minimum atomic E-state index is -0.679. The van der Waals surface area contributed by atoms with Crippen molar-refractivity contribution >= 4 is 29.4 Å². The lowest BCUT2D eigenvalue weighted by atomic mass is 10.1. The van der Waals surface area contributed by atoms with Gasteiger partial charge in [0.2, 0.25) is 0 Å². The Morgan fingerprint density at radius 3 is 2.29 bits per heavy atom. The molecule has 2 aromatic rings. The van der Waals surface area contributed by atoms with E-state index in [4.69, 9.17) is 16.3 Å². The summed E-state index contributed by atoms with van der Waals surface area (Å²) in [6.45, 7) is 11.7. The second-order valence-electron chi connectivity index (χ2n) is 6.63. The first-order valence-corrected chi connectivity index (χ1v) is 9.84. The predicted octanol–water partition coefficient (Wildman–Crippen LogP) is 4.72. The van der Waals surface area contributed by atoms with Crippen molar-refractivity contribution < 1.29 is 9.53 Å². The zero-order chi connectivity index (χ0) is 20.7. The predicted molar refractivity (Wildman–Crippen MR) is 117 cm³/mol. The van der Waals surface area contributed by atoms with Crippen LogP contribution in [0.25, 0.3) is 0 Å².